The lowest BCUT2D eigenvalue weighted by molar-refractivity contribution is 0.1000. The number of ether oxygens (including phenoxy) is 1. The minimum Gasteiger partial charge on any atom is -0.439 e. The molecule has 1 aromatic carbocycles. The van der Waals surface area contributed by atoms with Crippen molar-refractivity contribution in [2.24, 2.45) is 5.73 Å². The molecule has 1 aliphatic carbocycles. The first kappa shape index (κ1) is 18.0. The van der Waals surface area contributed by atoms with Crippen LogP contribution >= 0.6 is 0 Å². The Bertz CT molecular complexity index is 974. The predicted molar refractivity (Wildman–Crippen MR) is 108 cm³/mol. The standard InChI is InChI=1S/C22H22N4O2/c1-2-26(20-5-3-4-12-24-20)19-10-6-15-13-17(8-9-18(15)19)28-21-11-7-16(14-25-21)22(23)27/h3-5,7-9,11-14,19H,2,6,10H2,1H3,(H2,23,27). The predicted octanol–water partition coefficient (Wildman–Crippen LogP) is 3.88. The normalized spacial score (nSPS) is 15.1. The molecule has 4 rings (SSSR count). The first-order valence-electron chi connectivity index (χ1n) is 9.40. The summed E-state index contributed by atoms with van der Waals surface area (Å²) >= 11 is 0. The summed E-state index contributed by atoms with van der Waals surface area (Å²) in [5, 5.41) is 0. The highest BCUT2D eigenvalue weighted by Crippen LogP contribution is 2.39. The molecule has 1 atom stereocenters. The number of carbonyl (C=O) groups excluding carboxylic acids is 1. The Hall–Kier alpha value is -3.41. The second kappa shape index (κ2) is 7.68. The lowest BCUT2D eigenvalue weighted by Crippen LogP contribution is -2.27. The van der Waals surface area contributed by atoms with Crippen molar-refractivity contribution in [3.05, 3.63) is 77.6 Å². The van der Waals surface area contributed by atoms with E-state index in [2.05, 4.69) is 40.0 Å². The third-order valence-electron chi connectivity index (χ3n) is 5.06. The molecule has 6 nitrogen and oxygen atoms in total. The summed E-state index contributed by atoms with van der Waals surface area (Å²) < 4.78 is 5.86. The van der Waals surface area contributed by atoms with Crippen molar-refractivity contribution in [1.82, 2.24) is 9.97 Å². The number of fused-ring (bicyclic) bond motifs is 1. The van der Waals surface area contributed by atoms with Gasteiger partial charge in [0.1, 0.15) is 11.6 Å². The number of aryl methyl sites for hydroxylation is 1. The summed E-state index contributed by atoms with van der Waals surface area (Å²) in [7, 11) is 0. The Balaban J connectivity index is 1.54. The second-order valence-electron chi connectivity index (χ2n) is 6.74. The second-order valence-corrected chi connectivity index (χ2v) is 6.74. The van der Waals surface area contributed by atoms with Crippen LogP contribution in [0.4, 0.5) is 5.82 Å². The molecule has 2 N–H and O–H groups in total. The van der Waals surface area contributed by atoms with Crippen LogP contribution in [0.15, 0.2) is 60.9 Å². The van der Waals surface area contributed by atoms with Crippen molar-refractivity contribution in [3.63, 3.8) is 0 Å². The molecule has 0 aliphatic heterocycles. The molecule has 2 heterocycles. The number of anilines is 1. The average molecular weight is 374 g/mol. The van der Waals surface area contributed by atoms with Gasteiger partial charge in [-0.2, -0.15) is 0 Å². The highest BCUT2D eigenvalue weighted by Gasteiger charge is 2.28. The molecule has 2 aromatic heterocycles. The molecule has 0 spiro atoms. The van der Waals surface area contributed by atoms with Crippen LogP contribution in [0, 0.1) is 0 Å². The summed E-state index contributed by atoms with van der Waals surface area (Å²) in [4.78, 5) is 22.2. The number of carbonyl (C=O) groups is 1. The summed E-state index contributed by atoms with van der Waals surface area (Å²) in [6.45, 7) is 3.06. The Morgan fingerprint density at radius 1 is 1.21 bits per heavy atom. The van der Waals surface area contributed by atoms with E-state index >= 15 is 0 Å². The maximum absolute atomic E-state index is 11.1. The maximum Gasteiger partial charge on any atom is 0.250 e. The molecule has 1 aliphatic rings. The first-order chi connectivity index (χ1) is 13.7. The zero-order valence-electron chi connectivity index (χ0n) is 15.7. The van der Waals surface area contributed by atoms with Gasteiger partial charge in [0.05, 0.1) is 11.6 Å². The van der Waals surface area contributed by atoms with Gasteiger partial charge in [0.15, 0.2) is 0 Å². The largest absolute Gasteiger partial charge is 0.439 e. The molecule has 1 unspecified atom stereocenters. The maximum atomic E-state index is 11.1. The summed E-state index contributed by atoms with van der Waals surface area (Å²) in [6, 6.07) is 15.8. The molecular formula is C22H22N4O2. The summed E-state index contributed by atoms with van der Waals surface area (Å²) in [5.74, 6) is 1.67. The van der Waals surface area contributed by atoms with Gasteiger partial charge in [-0.05, 0) is 61.2 Å². The van der Waals surface area contributed by atoms with E-state index in [9.17, 15) is 4.79 Å². The Labute approximate surface area is 164 Å². The zero-order valence-corrected chi connectivity index (χ0v) is 15.7. The summed E-state index contributed by atoms with van der Waals surface area (Å²) in [6.07, 6.45) is 5.30. The van der Waals surface area contributed by atoms with Gasteiger partial charge in [-0.15, -0.1) is 0 Å². The number of hydrogen-bond donors (Lipinski definition) is 1. The molecule has 6 heteroatoms. The fourth-order valence-electron chi connectivity index (χ4n) is 3.73. The quantitative estimate of drug-likeness (QED) is 0.708. The Kier molecular flexibility index (Phi) is 4.93. The van der Waals surface area contributed by atoms with Gasteiger partial charge in [-0.3, -0.25) is 4.79 Å². The zero-order chi connectivity index (χ0) is 19.5. The molecule has 0 fully saturated rings. The fraction of sp³-hybridized carbons (Fsp3) is 0.227. The van der Waals surface area contributed by atoms with Crippen LogP contribution in [-0.4, -0.2) is 22.4 Å². The number of rotatable bonds is 6. The SMILES string of the molecule is CCN(c1ccccn1)C1CCc2cc(Oc3ccc(C(N)=O)cn3)ccc21. The van der Waals surface area contributed by atoms with Crippen LogP contribution in [0.25, 0.3) is 0 Å². The van der Waals surface area contributed by atoms with Crippen LogP contribution < -0.4 is 15.4 Å². The molecule has 0 saturated carbocycles. The van der Waals surface area contributed by atoms with Crippen LogP contribution in [0.2, 0.25) is 0 Å². The van der Waals surface area contributed by atoms with Crippen LogP contribution in [0.3, 0.4) is 0 Å². The molecule has 1 amide bonds. The van der Waals surface area contributed by atoms with Crippen molar-refractivity contribution in [1.29, 1.82) is 0 Å². The number of nitrogens with two attached hydrogens (primary N) is 1. The number of aromatic nitrogens is 2. The third kappa shape index (κ3) is 3.53. The molecule has 3 aromatic rings. The van der Waals surface area contributed by atoms with Crippen molar-refractivity contribution < 1.29 is 9.53 Å². The molecular weight excluding hydrogens is 352 g/mol. The van der Waals surface area contributed by atoms with Gasteiger partial charge in [-0.1, -0.05) is 12.1 Å². The lowest BCUT2D eigenvalue weighted by atomic mass is 10.1. The minimum absolute atomic E-state index is 0.317. The Morgan fingerprint density at radius 3 is 2.79 bits per heavy atom. The Morgan fingerprint density at radius 2 is 2.11 bits per heavy atom. The van der Waals surface area contributed by atoms with E-state index in [0.717, 1.165) is 31.0 Å². The van der Waals surface area contributed by atoms with Crippen LogP contribution in [-0.2, 0) is 6.42 Å². The van der Waals surface area contributed by atoms with Crippen molar-refractivity contribution in [3.8, 4) is 11.6 Å². The smallest absolute Gasteiger partial charge is 0.250 e. The number of nitrogens with zero attached hydrogens (tertiary/aromatic N) is 3. The van der Waals surface area contributed by atoms with Gasteiger partial charge < -0.3 is 15.4 Å². The molecule has 0 saturated heterocycles. The van der Waals surface area contributed by atoms with Gasteiger partial charge in [-0.25, -0.2) is 9.97 Å². The molecule has 142 valence electrons. The number of amides is 1. The molecule has 0 bridgehead atoms. The topological polar surface area (TPSA) is 81.3 Å². The van der Waals surface area contributed by atoms with E-state index < -0.39 is 5.91 Å². The van der Waals surface area contributed by atoms with Gasteiger partial charge in [0.25, 0.3) is 0 Å². The van der Waals surface area contributed by atoms with Crippen LogP contribution in [0.1, 0.15) is 40.9 Å². The van der Waals surface area contributed by atoms with Crippen molar-refractivity contribution in [2.45, 2.75) is 25.8 Å². The van der Waals surface area contributed by atoms with E-state index in [0.29, 0.717) is 17.5 Å². The van der Waals surface area contributed by atoms with E-state index in [-0.39, 0.29) is 0 Å². The average Bonchev–Trinajstić information content (AvgIpc) is 3.13. The monoisotopic (exact) mass is 374 g/mol. The number of hydrogen-bond acceptors (Lipinski definition) is 5. The number of primary amides is 1. The fourth-order valence-corrected chi connectivity index (χ4v) is 3.73. The van der Waals surface area contributed by atoms with Crippen LogP contribution in [0.5, 0.6) is 11.6 Å². The van der Waals surface area contributed by atoms with E-state index in [1.165, 1.54) is 17.3 Å². The van der Waals surface area contributed by atoms with Crippen molar-refractivity contribution in [2.75, 3.05) is 11.4 Å². The van der Waals surface area contributed by atoms with Gasteiger partial charge in [0, 0.05) is 25.0 Å². The summed E-state index contributed by atoms with van der Waals surface area (Å²) in [5.41, 5.74) is 8.20. The van der Waals surface area contributed by atoms with E-state index in [1.54, 1.807) is 12.1 Å². The third-order valence-corrected chi connectivity index (χ3v) is 5.06. The van der Waals surface area contributed by atoms with Gasteiger partial charge in [0.2, 0.25) is 11.8 Å². The molecule has 28 heavy (non-hydrogen) atoms. The van der Waals surface area contributed by atoms with Gasteiger partial charge >= 0.3 is 0 Å². The highest BCUT2D eigenvalue weighted by molar-refractivity contribution is 5.92. The number of benzene rings is 1. The first-order valence-corrected chi connectivity index (χ1v) is 9.40. The lowest BCUT2D eigenvalue weighted by Gasteiger charge is -2.29. The van der Waals surface area contributed by atoms with Crippen molar-refractivity contribution >= 4 is 11.7 Å². The van der Waals surface area contributed by atoms with E-state index in [4.69, 9.17) is 10.5 Å². The minimum atomic E-state index is -0.504. The highest BCUT2D eigenvalue weighted by atomic mass is 16.5. The van der Waals surface area contributed by atoms with E-state index in [1.807, 2.05) is 24.4 Å². The number of pyridine rings is 2. The molecule has 0 radical (unpaired) electrons.